The van der Waals surface area contributed by atoms with E-state index < -0.39 is 28.5 Å². The van der Waals surface area contributed by atoms with Crippen molar-refractivity contribution in [3.05, 3.63) is 99.5 Å². The predicted octanol–water partition coefficient (Wildman–Crippen LogP) is 5.23. The summed E-state index contributed by atoms with van der Waals surface area (Å²) in [5.41, 5.74) is 2.61. The van der Waals surface area contributed by atoms with Gasteiger partial charge >= 0.3 is 0 Å². The Hall–Kier alpha value is -3.07. The number of carbonyl (C=O) groups excluding carboxylic acids is 2. The Bertz CT molecular complexity index is 1400. The van der Waals surface area contributed by atoms with E-state index in [0.717, 1.165) is 28.1 Å². The molecule has 10 heteroatoms. The molecule has 0 saturated carbocycles. The van der Waals surface area contributed by atoms with Gasteiger partial charge in [-0.15, -0.1) is 0 Å². The van der Waals surface area contributed by atoms with Gasteiger partial charge in [-0.25, -0.2) is 8.42 Å². The zero-order valence-electron chi connectivity index (χ0n) is 22.2. The van der Waals surface area contributed by atoms with E-state index in [2.05, 4.69) is 5.32 Å². The molecule has 3 aromatic rings. The minimum absolute atomic E-state index is 0.0582. The van der Waals surface area contributed by atoms with Crippen LogP contribution in [0, 0.1) is 6.92 Å². The molecular formula is C29H33Cl2N3O4S. The SMILES string of the molecule is CCCNC(=O)C(Cc1ccccc1)N(Cc1cccc(Cl)c1)C(=O)CN(c1ccc(C)c(Cl)c1)S(C)(=O)=O. The van der Waals surface area contributed by atoms with Crippen molar-refractivity contribution in [2.45, 2.75) is 39.3 Å². The predicted molar refractivity (Wildman–Crippen MR) is 158 cm³/mol. The molecule has 1 unspecified atom stereocenters. The van der Waals surface area contributed by atoms with Gasteiger partial charge in [-0.1, -0.05) is 78.7 Å². The highest BCUT2D eigenvalue weighted by molar-refractivity contribution is 7.92. The molecule has 0 spiro atoms. The van der Waals surface area contributed by atoms with E-state index in [9.17, 15) is 18.0 Å². The molecule has 0 radical (unpaired) electrons. The molecule has 7 nitrogen and oxygen atoms in total. The highest BCUT2D eigenvalue weighted by Crippen LogP contribution is 2.26. The second-order valence-electron chi connectivity index (χ2n) is 9.35. The third kappa shape index (κ3) is 8.71. The first-order chi connectivity index (χ1) is 18.5. The molecule has 0 aliphatic carbocycles. The second-order valence-corrected chi connectivity index (χ2v) is 12.1. The number of amides is 2. The van der Waals surface area contributed by atoms with E-state index in [1.165, 1.54) is 11.0 Å². The summed E-state index contributed by atoms with van der Waals surface area (Å²) in [6, 6.07) is 20.3. The summed E-state index contributed by atoms with van der Waals surface area (Å²) in [7, 11) is -3.87. The lowest BCUT2D eigenvalue weighted by atomic mass is 10.0. The largest absolute Gasteiger partial charge is 0.354 e. The van der Waals surface area contributed by atoms with E-state index in [4.69, 9.17) is 23.2 Å². The quantitative estimate of drug-likeness (QED) is 0.313. The summed E-state index contributed by atoms with van der Waals surface area (Å²) in [6.45, 7) is 3.74. The molecule has 1 atom stereocenters. The van der Waals surface area contributed by atoms with Gasteiger partial charge in [0.2, 0.25) is 21.8 Å². The maximum atomic E-state index is 14.0. The fourth-order valence-electron chi connectivity index (χ4n) is 4.10. The van der Waals surface area contributed by atoms with Crippen molar-refractivity contribution >= 4 is 50.7 Å². The number of nitrogens with zero attached hydrogens (tertiary/aromatic N) is 2. The van der Waals surface area contributed by atoms with Crippen LogP contribution in [0.4, 0.5) is 5.69 Å². The number of aryl methyl sites for hydroxylation is 1. The maximum Gasteiger partial charge on any atom is 0.244 e. The molecular weight excluding hydrogens is 557 g/mol. The van der Waals surface area contributed by atoms with Gasteiger partial charge in [-0.2, -0.15) is 0 Å². The third-order valence-corrected chi connectivity index (χ3v) is 7.97. The number of hydrogen-bond donors (Lipinski definition) is 1. The lowest BCUT2D eigenvalue weighted by molar-refractivity contribution is -0.140. The molecule has 3 rings (SSSR count). The third-order valence-electron chi connectivity index (χ3n) is 6.18. The van der Waals surface area contributed by atoms with Crippen molar-refractivity contribution in [2.24, 2.45) is 0 Å². The van der Waals surface area contributed by atoms with E-state index in [-0.39, 0.29) is 24.6 Å². The summed E-state index contributed by atoms with van der Waals surface area (Å²) < 4.78 is 26.7. The molecule has 0 heterocycles. The van der Waals surface area contributed by atoms with E-state index >= 15 is 0 Å². The molecule has 2 amide bonds. The van der Waals surface area contributed by atoms with Crippen LogP contribution in [0.1, 0.15) is 30.0 Å². The normalized spacial score (nSPS) is 12.0. The van der Waals surface area contributed by atoms with Gasteiger partial charge in [-0.05, 0) is 54.3 Å². The van der Waals surface area contributed by atoms with Crippen molar-refractivity contribution in [1.82, 2.24) is 10.2 Å². The van der Waals surface area contributed by atoms with Crippen molar-refractivity contribution < 1.29 is 18.0 Å². The second kappa shape index (κ2) is 13.8. The fraction of sp³-hybridized carbons (Fsp3) is 0.310. The maximum absolute atomic E-state index is 14.0. The van der Waals surface area contributed by atoms with Gasteiger partial charge in [0.15, 0.2) is 0 Å². The van der Waals surface area contributed by atoms with Crippen molar-refractivity contribution in [3.63, 3.8) is 0 Å². The monoisotopic (exact) mass is 589 g/mol. The van der Waals surface area contributed by atoms with E-state index in [1.807, 2.05) is 43.3 Å². The van der Waals surface area contributed by atoms with E-state index in [1.54, 1.807) is 37.3 Å². The molecule has 0 saturated heterocycles. The number of hydrogen-bond acceptors (Lipinski definition) is 4. The summed E-state index contributed by atoms with van der Waals surface area (Å²) >= 11 is 12.5. The lowest BCUT2D eigenvalue weighted by Crippen LogP contribution is -2.53. The molecule has 0 aromatic heterocycles. The van der Waals surface area contributed by atoms with Crippen LogP contribution in [0.25, 0.3) is 0 Å². The molecule has 39 heavy (non-hydrogen) atoms. The van der Waals surface area contributed by atoms with Gasteiger partial charge in [0, 0.05) is 29.6 Å². The van der Waals surface area contributed by atoms with Crippen LogP contribution in [0.2, 0.25) is 10.0 Å². The summed E-state index contributed by atoms with van der Waals surface area (Å²) in [5, 5.41) is 3.77. The number of halogens is 2. The number of anilines is 1. The number of sulfonamides is 1. The summed E-state index contributed by atoms with van der Waals surface area (Å²) in [6.07, 6.45) is 2.00. The Morgan fingerprint density at radius 2 is 1.64 bits per heavy atom. The van der Waals surface area contributed by atoms with Crippen molar-refractivity contribution in [1.29, 1.82) is 0 Å². The fourth-order valence-corrected chi connectivity index (χ4v) is 5.33. The molecule has 0 fully saturated rings. The number of nitrogens with one attached hydrogen (secondary N) is 1. The molecule has 0 aliphatic heterocycles. The highest BCUT2D eigenvalue weighted by Gasteiger charge is 2.33. The van der Waals surface area contributed by atoms with Crippen molar-refractivity contribution in [3.8, 4) is 0 Å². The van der Waals surface area contributed by atoms with Gasteiger partial charge in [0.05, 0.1) is 11.9 Å². The number of carbonyl (C=O) groups is 2. The average Bonchev–Trinajstić information content (AvgIpc) is 2.89. The Morgan fingerprint density at radius 1 is 0.949 bits per heavy atom. The van der Waals surface area contributed by atoms with Crippen LogP contribution >= 0.6 is 23.2 Å². The Balaban J connectivity index is 2.05. The molecule has 1 N–H and O–H groups in total. The topological polar surface area (TPSA) is 86.8 Å². The standard InChI is InChI=1S/C29H33Cl2N3O4S/c1-4-15-32-29(36)27(17-22-9-6-5-7-10-22)33(19-23-11-8-12-24(30)16-23)28(35)20-34(39(3,37)38)25-14-13-21(2)26(31)18-25/h5-14,16,18,27H,4,15,17,19-20H2,1-3H3,(H,32,36). The van der Waals surface area contributed by atoms with Crippen LogP contribution < -0.4 is 9.62 Å². The first-order valence-corrected chi connectivity index (χ1v) is 15.2. The zero-order chi connectivity index (χ0) is 28.6. The lowest BCUT2D eigenvalue weighted by Gasteiger charge is -2.33. The first kappa shape index (κ1) is 30.5. The smallest absolute Gasteiger partial charge is 0.244 e. The van der Waals surface area contributed by atoms with Gasteiger partial charge in [0.1, 0.15) is 12.6 Å². The highest BCUT2D eigenvalue weighted by atomic mass is 35.5. The Kier molecular flexibility index (Phi) is 10.8. The van der Waals surface area contributed by atoms with Crippen LogP contribution in [0.15, 0.2) is 72.8 Å². The molecule has 0 bridgehead atoms. The van der Waals surface area contributed by atoms with Crippen molar-refractivity contribution in [2.75, 3.05) is 23.7 Å². The number of benzene rings is 3. The van der Waals surface area contributed by atoms with Gasteiger partial charge < -0.3 is 10.2 Å². The molecule has 208 valence electrons. The Morgan fingerprint density at radius 3 is 2.26 bits per heavy atom. The first-order valence-electron chi connectivity index (χ1n) is 12.6. The van der Waals surface area contributed by atoms with Crippen LogP contribution in [-0.4, -0.2) is 50.5 Å². The summed E-state index contributed by atoms with van der Waals surface area (Å²) in [5.74, 6) is -0.856. The minimum atomic E-state index is -3.87. The number of rotatable bonds is 12. The van der Waals surface area contributed by atoms with Crippen LogP contribution in [-0.2, 0) is 32.6 Å². The van der Waals surface area contributed by atoms with Gasteiger partial charge in [0.25, 0.3) is 0 Å². The van der Waals surface area contributed by atoms with Crippen LogP contribution in [0.5, 0.6) is 0 Å². The van der Waals surface area contributed by atoms with E-state index in [0.29, 0.717) is 22.2 Å². The average molecular weight is 591 g/mol. The molecule has 3 aromatic carbocycles. The summed E-state index contributed by atoms with van der Waals surface area (Å²) in [4.78, 5) is 28.9. The zero-order valence-corrected chi connectivity index (χ0v) is 24.6. The van der Waals surface area contributed by atoms with Crippen LogP contribution in [0.3, 0.4) is 0 Å². The Labute approximate surface area is 240 Å². The molecule has 0 aliphatic rings. The van der Waals surface area contributed by atoms with Gasteiger partial charge in [-0.3, -0.25) is 13.9 Å². The minimum Gasteiger partial charge on any atom is -0.354 e.